The first-order chi connectivity index (χ1) is 17.1. The van der Waals surface area contributed by atoms with E-state index in [1.807, 2.05) is 0 Å². The number of nitrogens with one attached hydrogen (secondary N) is 2. The second kappa shape index (κ2) is 8.55. The molecule has 3 N–H and O–H groups in total. The van der Waals surface area contributed by atoms with Gasteiger partial charge in [0, 0.05) is 30.3 Å². The summed E-state index contributed by atoms with van der Waals surface area (Å²) in [5, 5.41) is 15.3. The maximum atomic E-state index is 14.3. The molecule has 5 unspecified atom stereocenters. The van der Waals surface area contributed by atoms with Crippen LogP contribution in [0.25, 0.3) is 11.2 Å². The van der Waals surface area contributed by atoms with Crippen molar-refractivity contribution >= 4 is 28.7 Å². The van der Waals surface area contributed by atoms with Crippen molar-refractivity contribution in [2.45, 2.75) is 50.2 Å². The summed E-state index contributed by atoms with van der Waals surface area (Å²) >= 11 is 0. The van der Waals surface area contributed by atoms with E-state index in [4.69, 9.17) is 10.2 Å². The minimum absolute atomic E-state index is 0.0251. The summed E-state index contributed by atoms with van der Waals surface area (Å²) in [4.78, 5) is 12.9. The number of hydrogen-bond acceptors (Lipinski definition) is 7. The van der Waals surface area contributed by atoms with Gasteiger partial charge in [-0.15, -0.1) is 0 Å². The molecule has 8 nitrogen and oxygen atoms in total. The molecule has 5 atom stereocenters. The van der Waals surface area contributed by atoms with Crippen LogP contribution in [0.1, 0.15) is 43.5 Å². The fourth-order valence-electron chi connectivity index (χ4n) is 3.76. The lowest BCUT2D eigenvalue weighted by Crippen LogP contribution is -2.29. The van der Waals surface area contributed by atoms with Gasteiger partial charge < -0.3 is 20.5 Å². The molecular weight excluding hydrogens is 425 g/mol. The van der Waals surface area contributed by atoms with Gasteiger partial charge in [-0.05, 0) is 32.0 Å². The summed E-state index contributed by atoms with van der Waals surface area (Å²) in [7, 11) is 0. The predicted octanol–water partition coefficient (Wildman–Crippen LogP) is 3.66. The molecule has 2 aliphatic rings. The summed E-state index contributed by atoms with van der Waals surface area (Å²) in [5.41, 5.74) is -0.0693. The Morgan fingerprint density at radius 3 is 2.72 bits per heavy atom. The topological polar surface area (TPSA) is 97.1 Å². The van der Waals surface area contributed by atoms with Gasteiger partial charge in [-0.3, -0.25) is 4.57 Å². The minimum atomic E-state index is -2.24. The van der Waals surface area contributed by atoms with Crippen molar-refractivity contribution in [2.24, 2.45) is 0 Å². The molecule has 5 rings (SSSR count). The van der Waals surface area contributed by atoms with E-state index in [1.54, 1.807) is 4.57 Å². The Morgan fingerprint density at radius 2 is 1.97 bits per heavy atom. The lowest BCUT2D eigenvalue weighted by Gasteiger charge is -2.26. The van der Waals surface area contributed by atoms with Crippen LogP contribution in [-0.4, -0.2) is 50.0 Å². The first-order valence-electron chi connectivity index (χ1n) is 12.2. The Kier molecular flexibility index (Phi) is 4.45. The summed E-state index contributed by atoms with van der Waals surface area (Å²) < 4.78 is 81.8. The molecule has 3 aromatic rings. The van der Waals surface area contributed by atoms with Crippen LogP contribution in [0, 0.1) is 17.5 Å². The summed E-state index contributed by atoms with van der Waals surface area (Å²) in [6, 6.07) is -0.382. The van der Waals surface area contributed by atoms with Crippen LogP contribution < -0.4 is 10.6 Å². The van der Waals surface area contributed by atoms with E-state index in [1.165, 1.54) is 6.20 Å². The van der Waals surface area contributed by atoms with Gasteiger partial charge >= 0.3 is 0 Å². The molecular formula is C21H23F3N6O2. The van der Waals surface area contributed by atoms with Crippen LogP contribution in [0.5, 0.6) is 0 Å². The molecule has 0 spiro atoms. The van der Waals surface area contributed by atoms with Crippen molar-refractivity contribution in [1.82, 2.24) is 19.5 Å². The molecule has 3 heterocycles. The van der Waals surface area contributed by atoms with Crippen molar-refractivity contribution < 1.29 is 28.5 Å². The van der Waals surface area contributed by atoms with Gasteiger partial charge in [0.25, 0.3) is 0 Å². The van der Waals surface area contributed by atoms with Crippen molar-refractivity contribution in [3.63, 3.8) is 0 Å². The highest BCUT2D eigenvalue weighted by Crippen LogP contribution is 2.32. The zero-order chi connectivity index (χ0) is 25.8. The molecule has 2 fully saturated rings. The van der Waals surface area contributed by atoms with E-state index in [0.29, 0.717) is 25.2 Å². The standard InChI is InChI=1S/C21H23F3N6O2/c22-11-7-15(23)18(16(24)8-11)28-21-27-17-9-25-20(26-12-1-3-14(31)4-2-12)29-19(17)30(21)13-5-6-32-10-13/h7-9,12-14,31H,1-6,10H2,(H,27,28)(H,25,26,29)/i1D,2D2,4D. The van der Waals surface area contributed by atoms with Gasteiger partial charge in [-0.25, -0.2) is 23.1 Å². The third-order valence-electron chi connectivity index (χ3n) is 5.31. The first kappa shape index (κ1) is 16.7. The van der Waals surface area contributed by atoms with E-state index in [0.717, 1.165) is 0 Å². The Bertz CT molecular complexity index is 1270. The van der Waals surface area contributed by atoms with E-state index >= 15 is 0 Å². The number of ether oxygens (including phenoxy) is 1. The van der Waals surface area contributed by atoms with Crippen LogP contribution in [0.15, 0.2) is 18.3 Å². The molecule has 1 aromatic carbocycles. The number of halogens is 3. The number of fused-ring (bicyclic) bond motifs is 1. The normalized spacial score (nSPS) is 31.6. The van der Waals surface area contributed by atoms with Gasteiger partial charge in [0.2, 0.25) is 11.9 Å². The fraction of sp³-hybridized carbons (Fsp3) is 0.476. The first-order valence-corrected chi connectivity index (χ1v) is 10.1. The molecule has 1 saturated carbocycles. The highest BCUT2D eigenvalue weighted by atomic mass is 19.1. The van der Waals surface area contributed by atoms with Crippen molar-refractivity contribution in [1.29, 1.82) is 0 Å². The number of rotatable bonds is 5. The molecule has 0 radical (unpaired) electrons. The van der Waals surface area contributed by atoms with Crippen LogP contribution in [0.2, 0.25) is 0 Å². The average molecular weight is 452 g/mol. The molecule has 0 bridgehead atoms. The summed E-state index contributed by atoms with van der Waals surface area (Å²) in [6.07, 6.45) is -4.24. The highest BCUT2D eigenvalue weighted by Gasteiger charge is 2.27. The van der Waals surface area contributed by atoms with Crippen molar-refractivity contribution in [3.05, 3.63) is 35.8 Å². The fourth-order valence-corrected chi connectivity index (χ4v) is 3.76. The largest absolute Gasteiger partial charge is 0.393 e. The van der Waals surface area contributed by atoms with Crippen LogP contribution >= 0.6 is 0 Å². The minimum Gasteiger partial charge on any atom is -0.393 e. The van der Waals surface area contributed by atoms with Crippen molar-refractivity contribution in [2.75, 3.05) is 23.8 Å². The quantitative estimate of drug-likeness (QED) is 0.544. The van der Waals surface area contributed by atoms with E-state index in [9.17, 15) is 18.3 Å². The third-order valence-corrected chi connectivity index (χ3v) is 5.31. The number of benzene rings is 1. The molecule has 0 amide bonds. The number of hydrogen-bond donors (Lipinski definition) is 3. The summed E-state index contributed by atoms with van der Waals surface area (Å²) in [5.74, 6) is -3.36. The average Bonchev–Trinajstić information content (AvgIpc) is 3.45. The zero-order valence-electron chi connectivity index (χ0n) is 20.7. The van der Waals surface area contributed by atoms with Gasteiger partial charge in [-0.1, -0.05) is 0 Å². The van der Waals surface area contributed by atoms with Crippen LogP contribution in [-0.2, 0) is 4.74 Å². The molecule has 2 aromatic heterocycles. The number of nitrogens with zero attached hydrogens (tertiary/aromatic N) is 4. The Balaban J connectivity index is 1.54. The van der Waals surface area contributed by atoms with Crippen LogP contribution in [0.4, 0.5) is 30.8 Å². The second-order valence-corrected chi connectivity index (χ2v) is 7.59. The van der Waals surface area contributed by atoms with Gasteiger partial charge in [0.05, 0.1) is 24.9 Å². The monoisotopic (exact) mass is 452 g/mol. The maximum Gasteiger partial charge on any atom is 0.224 e. The lowest BCUT2D eigenvalue weighted by molar-refractivity contribution is 0.126. The molecule has 170 valence electrons. The van der Waals surface area contributed by atoms with Crippen LogP contribution in [0.3, 0.4) is 0 Å². The Morgan fingerprint density at radius 1 is 1.16 bits per heavy atom. The summed E-state index contributed by atoms with van der Waals surface area (Å²) in [6.45, 7) is 0.717. The van der Waals surface area contributed by atoms with Crippen molar-refractivity contribution in [3.8, 4) is 0 Å². The third kappa shape index (κ3) is 4.09. The molecule has 1 aliphatic heterocycles. The smallest absolute Gasteiger partial charge is 0.224 e. The van der Waals surface area contributed by atoms with E-state index < -0.39 is 54.5 Å². The molecule has 1 aliphatic carbocycles. The van der Waals surface area contributed by atoms with Gasteiger partial charge in [-0.2, -0.15) is 4.98 Å². The highest BCUT2D eigenvalue weighted by molar-refractivity contribution is 5.76. The van der Waals surface area contributed by atoms with E-state index in [-0.39, 0.29) is 42.1 Å². The van der Waals surface area contributed by atoms with E-state index in [2.05, 4.69) is 25.6 Å². The zero-order valence-corrected chi connectivity index (χ0v) is 16.7. The number of aliphatic hydroxyl groups is 1. The number of aromatic nitrogens is 4. The molecule has 1 saturated heterocycles. The number of anilines is 3. The predicted molar refractivity (Wildman–Crippen MR) is 111 cm³/mol. The Hall–Kier alpha value is -2.92. The Labute approximate surface area is 187 Å². The maximum absolute atomic E-state index is 14.3. The molecule has 32 heavy (non-hydrogen) atoms. The number of aliphatic hydroxyl groups excluding tert-OH is 1. The SMILES string of the molecule is [2H]C1CC(O)C([2H])C([2H])([2H])C1Nc1ncc2nc(Nc3c(F)cc(F)cc3F)n(C3CCOC3)c2n1. The van der Waals surface area contributed by atoms with Gasteiger partial charge in [0.1, 0.15) is 17.0 Å². The lowest BCUT2D eigenvalue weighted by atomic mass is 9.93. The van der Waals surface area contributed by atoms with Gasteiger partial charge in [0.15, 0.2) is 17.3 Å². The number of imidazole rings is 1. The molecule has 11 heteroatoms. The second-order valence-electron chi connectivity index (χ2n) is 7.59.